The molecule has 0 radical (unpaired) electrons. The fourth-order valence-electron chi connectivity index (χ4n) is 1.52. The number of carbonyl (C=O) groups is 2. The van der Waals surface area contributed by atoms with Gasteiger partial charge in [0, 0.05) is 25.6 Å². The van der Waals surface area contributed by atoms with Crippen molar-refractivity contribution in [3.63, 3.8) is 0 Å². The topological polar surface area (TPSA) is 95.9 Å². The molecule has 0 aliphatic heterocycles. The number of rotatable bonds is 7. The van der Waals surface area contributed by atoms with Gasteiger partial charge in [0.2, 0.25) is 0 Å². The number of benzene rings is 1. The van der Waals surface area contributed by atoms with Crippen LogP contribution in [0.1, 0.15) is 22.3 Å². The highest BCUT2D eigenvalue weighted by atomic mass is 16.5. The van der Waals surface area contributed by atoms with Crippen LogP contribution in [0, 0.1) is 0 Å². The van der Waals surface area contributed by atoms with Crippen LogP contribution in [0.25, 0.3) is 0 Å². The largest absolute Gasteiger partial charge is 0.479 e. The fourth-order valence-corrected chi connectivity index (χ4v) is 1.52. The minimum Gasteiger partial charge on any atom is -0.479 e. The fraction of sp³-hybridized carbons (Fsp3) is 0.385. The van der Waals surface area contributed by atoms with Crippen LogP contribution in [-0.4, -0.2) is 41.8 Å². The maximum absolute atomic E-state index is 11.8. The van der Waals surface area contributed by atoms with E-state index in [0.29, 0.717) is 12.2 Å². The molecule has 0 aliphatic rings. The van der Waals surface area contributed by atoms with Crippen molar-refractivity contribution >= 4 is 11.9 Å². The molecular formula is C13H17NO5. The minimum atomic E-state index is -1.46. The molecular weight excluding hydrogens is 250 g/mol. The summed E-state index contributed by atoms with van der Waals surface area (Å²) in [5.41, 5.74) is 1.35. The number of hydrogen-bond donors (Lipinski definition) is 3. The van der Waals surface area contributed by atoms with Crippen molar-refractivity contribution in [1.82, 2.24) is 5.32 Å². The summed E-state index contributed by atoms with van der Waals surface area (Å²) < 4.78 is 4.97. The molecule has 1 amide bonds. The molecule has 6 nitrogen and oxygen atoms in total. The van der Waals surface area contributed by atoms with E-state index < -0.39 is 12.1 Å². The van der Waals surface area contributed by atoms with Gasteiger partial charge in [-0.15, -0.1) is 0 Å². The Morgan fingerprint density at radius 1 is 1.42 bits per heavy atom. The molecule has 1 atom stereocenters. The van der Waals surface area contributed by atoms with Gasteiger partial charge in [-0.1, -0.05) is 12.1 Å². The SMILES string of the molecule is COCc1cccc(C(=O)NCCC(O)C(=O)O)c1. The van der Waals surface area contributed by atoms with Crippen molar-refractivity contribution in [1.29, 1.82) is 0 Å². The lowest BCUT2D eigenvalue weighted by Crippen LogP contribution is -2.30. The lowest BCUT2D eigenvalue weighted by Gasteiger charge is -2.08. The number of aliphatic carboxylic acids is 1. The van der Waals surface area contributed by atoms with Gasteiger partial charge in [0.15, 0.2) is 6.10 Å². The molecule has 0 aromatic heterocycles. The van der Waals surface area contributed by atoms with E-state index in [1.807, 2.05) is 6.07 Å². The van der Waals surface area contributed by atoms with Gasteiger partial charge in [0.05, 0.1) is 6.61 Å². The van der Waals surface area contributed by atoms with Crippen LogP contribution in [0.4, 0.5) is 0 Å². The Morgan fingerprint density at radius 2 is 2.16 bits per heavy atom. The molecule has 0 bridgehead atoms. The van der Waals surface area contributed by atoms with Gasteiger partial charge in [-0.05, 0) is 17.7 Å². The summed E-state index contributed by atoms with van der Waals surface area (Å²) >= 11 is 0. The predicted molar refractivity (Wildman–Crippen MR) is 67.7 cm³/mol. The summed E-state index contributed by atoms with van der Waals surface area (Å²) in [6.45, 7) is 0.514. The van der Waals surface area contributed by atoms with E-state index in [4.69, 9.17) is 14.9 Å². The van der Waals surface area contributed by atoms with Crippen LogP contribution in [0.3, 0.4) is 0 Å². The van der Waals surface area contributed by atoms with Gasteiger partial charge in [0.25, 0.3) is 5.91 Å². The smallest absolute Gasteiger partial charge is 0.332 e. The highest BCUT2D eigenvalue weighted by Gasteiger charge is 2.13. The number of carboxylic acid groups (broad SMARTS) is 1. The summed E-state index contributed by atoms with van der Waals surface area (Å²) in [4.78, 5) is 22.2. The summed E-state index contributed by atoms with van der Waals surface area (Å²) in [5, 5.41) is 20.1. The van der Waals surface area contributed by atoms with Gasteiger partial charge in [-0.25, -0.2) is 4.79 Å². The van der Waals surface area contributed by atoms with Gasteiger partial charge in [0.1, 0.15) is 0 Å². The van der Waals surface area contributed by atoms with E-state index in [9.17, 15) is 9.59 Å². The molecule has 0 heterocycles. The van der Waals surface area contributed by atoms with Crippen LogP contribution in [-0.2, 0) is 16.1 Å². The second-order valence-electron chi connectivity index (χ2n) is 4.03. The first kappa shape index (κ1) is 15.1. The molecule has 0 spiro atoms. The van der Waals surface area contributed by atoms with E-state index in [-0.39, 0.29) is 18.9 Å². The van der Waals surface area contributed by atoms with Crippen LogP contribution in [0.5, 0.6) is 0 Å². The second kappa shape index (κ2) is 7.50. The zero-order valence-corrected chi connectivity index (χ0v) is 10.6. The molecule has 1 aromatic rings. The summed E-state index contributed by atoms with van der Waals surface area (Å²) in [6.07, 6.45) is -1.49. The first-order chi connectivity index (χ1) is 9.04. The molecule has 0 saturated heterocycles. The maximum atomic E-state index is 11.8. The van der Waals surface area contributed by atoms with Gasteiger partial charge >= 0.3 is 5.97 Å². The third-order valence-electron chi connectivity index (χ3n) is 2.49. The monoisotopic (exact) mass is 267 g/mol. The lowest BCUT2D eigenvalue weighted by molar-refractivity contribution is -0.146. The zero-order valence-electron chi connectivity index (χ0n) is 10.6. The van der Waals surface area contributed by atoms with Gasteiger partial charge in [-0.2, -0.15) is 0 Å². The van der Waals surface area contributed by atoms with Gasteiger partial charge in [-0.3, -0.25) is 4.79 Å². The normalized spacial score (nSPS) is 11.9. The van der Waals surface area contributed by atoms with Crippen molar-refractivity contribution in [2.45, 2.75) is 19.1 Å². The highest BCUT2D eigenvalue weighted by molar-refractivity contribution is 5.94. The molecule has 1 unspecified atom stereocenters. The standard InChI is InChI=1S/C13H17NO5/c1-19-8-9-3-2-4-10(7-9)12(16)14-6-5-11(15)13(17)18/h2-4,7,11,15H,5-6,8H2,1H3,(H,14,16)(H,17,18). The second-order valence-corrected chi connectivity index (χ2v) is 4.03. The molecule has 0 fully saturated rings. The number of methoxy groups -OCH3 is 1. The van der Waals surface area contributed by atoms with Crippen molar-refractivity contribution < 1.29 is 24.5 Å². The number of amides is 1. The van der Waals surface area contributed by atoms with Gasteiger partial charge < -0.3 is 20.3 Å². The zero-order chi connectivity index (χ0) is 14.3. The average Bonchev–Trinajstić information content (AvgIpc) is 2.39. The number of hydrogen-bond acceptors (Lipinski definition) is 4. The third kappa shape index (κ3) is 5.07. The Bertz CT molecular complexity index is 446. The molecule has 104 valence electrons. The van der Waals surface area contributed by atoms with Crippen molar-refractivity contribution in [2.24, 2.45) is 0 Å². The Hall–Kier alpha value is -1.92. The van der Waals surface area contributed by atoms with E-state index in [2.05, 4.69) is 5.32 Å². The molecule has 3 N–H and O–H groups in total. The number of nitrogens with one attached hydrogen (secondary N) is 1. The van der Waals surface area contributed by atoms with Crippen LogP contribution < -0.4 is 5.32 Å². The number of carbonyl (C=O) groups excluding carboxylic acids is 1. The molecule has 1 aromatic carbocycles. The third-order valence-corrected chi connectivity index (χ3v) is 2.49. The number of carboxylic acids is 1. The molecule has 19 heavy (non-hydrogen) atoms. The van der Waals surface area contributed by atoms with E-state index in [1.54, 1.807) is 25.3 Å². The average molecular weight is 267 g/mol. The highest BCUT2D eigenvalue weighted by Crippen LogP contribution is 2.06. The lowest BCUT2D eigenvalue weighted by atomic mass is 10.1. The Balaban J connectivity index is 2.49. The summed E-state index contributed by atoms with van der Waals surface area (Å²) in [5.74, 6) is -1.60. The number of ether oxygens (including phenoxy) is 1. The van der Waals surface area contributed by atoms with Crippen molar-refractivity contribution in [2.75, 3.05) is 13.7 Å². The first-order valence-corrected chi connectivity index (χ1v) is 5.81. The summed E-state index contributed by atoms with van der Waals surface area (Å²) in [6, 6.07) is 6.94. The minimum absolute atomic E-state index is 0.0289. The van der Waals surface area contributed by atoms with Crippen LogP contribution >= 0.6 is 0 Å². The van der Waals surface area contributed by atoms with E-state index in [0.717, 1.165) is 5.56 Å². The molecule has 0 saturated carbocycles. The Labute approximate surface area is 111 Å². The predicted octanol–water partition coefficient (Wildman–Crippen LogP) is 0.398. The summed E-state index contributed by atoms with van der Waals surface area (Å²) in [7, 11) is 1.57. The first-order valence-electron chi connectivity index (χ1n) is 5.81. The van der Waals surface area contributed by atoms with E-state index >= 15 is 0 Å². The molecule has 1 rings (SSSR count). The quantitative estimate of drug-likeness (QED) is 0.664. The molecule has 0 aliphatic carbocycles. The van der Waals surface area contributed by atoms with Crippen LogP contribution in [0.2, 0.25) is 0 Å². The Morgan fingerprint density at radius 3 is 2.79 bits per heavy atom. The molecule has 6 heteroatoms. The van der Waals surface area contributed by atoms with E-state index in [1.165, 1.54) is 0 Å². The number of aliphatic hydroxyl groups excluding tert-OH is 1. The number of aliphatic hydroxyl groups is 1. The van der Waals surface area contributed by atoms with Crippen molar-refractivity contribution in [3.8, 4) is 0 Å². The maximum Gasteiger partial charge on any atom is 0.332 e. The Kier molecular flexibility index (Phi) is 5.98. The van der Waals surface area contributed by atoms with Crippen LogP contribution in [0.15, 0.2) is 24.3 Å². The van der Waals surface area contributed by atoms with Crippen molar-refractivity contribution in [3.05, 3.63) is 35.4 Å².